The number of aliphatic carboxylic acids is 1. The van der Waals surface area contributed by atoms with Crippen molar-refractivity contribution < 1.29 is 28.2 Å². The van der Waals surface area contributed by atoms with Gasteiger partial charge in [-0.25, -0.2) is 0 Å². The van der Waals surface area contributed by atoms with Gasteiger partial charge in [0.25, 0.3) is 0 Å². The highest BCUT2D eigenvalue weighted by Gasteiger charge is 2.49. The summed E-state index contributed by atoms with van der Waals surface area (Å²) < 4.78 is 36.8. The lowest BCUT2D eigenvalue weighted by atomic mass is 9.68. The Hall–Kier alpha value is -0.780. The molecular weight excluding hydrogens is 237 g/mol. The molecule has 1 aliphatic rings. The van der Waals surface area contributed by atoms with E-state index in [1.165, 1.54) is 0 Å². The predicted octanol–water partition coefficient (Wildman–Crippen LogP) is 2.58. The molecule has 1 atom stereocenters. The summed E-state index contributed by atoms with van der Waals surface area (Å²) in [5.74, 6) is -0.891. The van der Waals surface area contributed by atoms with Crippen LogP contribution >= 0.6 is 0 Å². The normalized spacial score (nSPS) is 32.2. The van der Waals surface area contributed by atoms with E-state index in [-0.39, 0.29) is 12.8 Å². The molecule has 0 radical (unpaired) electrons. The first kappa shape index (κ1) is 14.3. The van der Waals surface area contributed by atoms with Crippen LogP contribution in [0.15, 0.2) is 0 Å². The van der Waals surface area contributed by atoms with Crippen molar-refractivity contribution in [3.63, 3.8) is 0 Å². The smallest absolute Gasteiger partial charge is 0.414 e. The quantitative estimate of drug-likeness (QED) is 0.813. The van der Waals surface area contributed by atoms with Gasteiger partial charge in [0.05, 0.1) is 5.41 Å². The van der Waals surface area contributed by atoms with Crippen molar-refractivity contribution >= 4 is 5.97 Å². The van der Waals surface area contributed by atoms with E-state index in [1.54, 1.807) is 0 Å². The number of carbonyl (C=O) groups is 1. The molecule has 0 aromatic rings. The third-order valence-electron chi connectivity index (χ3n) is 3.65. The van der Waals surface area contributed by atoms with Crippen LogP contribution in [-0.2, 0) is 4.79 Å². The zero-order chi connectivity index (χ0) is 13.3. The highest BCUT2D eigenvalue weighted by Crippen LogP contribution is 2.44. The Morgan fingerprint density at radius 2 is 1.88 bits per heavy atom. The minimum absolute atomic E-state index is 0.205. The Bertz CT molecular complexity index is 280. The van der Waals surface area contributed by atoms with Crippen molar-refractivity contribution in [3.8, 4) is 0 Å². The van der Waals surface area contributed by atoms with Gasteiger partial charge < -0.3 is 10.2 Å². The molecule has 17 heavy (non-hydrogen) atoms. The van der Waals surface area contributed by atoms with Crippen LogP contribution in [0.25, 0.3) is 0 Å². The zero-order valence-corrected chi connectivity index (χ0v) is 9.63. The van der Waals surface area contributed by atoms with E-state index in [2.05, 4.69) is 0 Å². The van der Waals surface area contributed by atoms with Gasteiger partial charge in [-0.05, 0) is 38.0 Å². The summed E-state index contributed by atoms with van der Waals surface area (Å²) in [5, 5.41) is 18.1. The van der Waals surface area contributed by atoms with Crippen LogP contribution < -0.4 is 0 Å². The monoisotopic (exact) mass is 254 g/mol. The molecule has 6 heteroatoms. The minimum Gasteiger partial charge on any atom is -0.481 e. The lowest BCUT2D eigenvalue weighted by Crippen LogP contribution is -2.42. The molecule has 0 aliphatic heterocycles. The van der Waals surface area contributed by atoms with Crippen molar-refractivity contribution in [2.75, 3.05) is 0 Å². The van der Waals surface area contributed by atoms with E-state index in [4.69, 9.17) is 10.2 Å². The summed E-state index contributed by atoms with van der Waals surface area (Å²) in [6.07, 6.45) is -6.43. The van der Waals surface area contributed by atoms with Crippen LogP contribution in [0.5, 0.6) is 0 Å². The molecule has 0 amide bonds. The van der Waals surface area contributed by atoms with Gasteiger partial charge in [-0.2, -0.15) is 13.2 Å². The van der Waals surface area contributed by atoms with Crippen LogP contribution in [0, 0.1) is 11.3 Å². The Labute approximate surface area is 97.6 Å². The summed E-state index contributed by atoms with van der Waals surface area (Å²) in [4.78, 5) is 11.2. The molecule has 0 saturated heterocycles. The molecule has 100 valence electrons. The maximum atomic E-state index is 12.3. The number of carboxylic acids is 1. The maximum Gasteiger partial charge on any atom is 0.414 e. The highest BCUT2D eigenvalue weighted by atomic mass is 19.4. The van der Waals surface area contributed by atoms with E-state index in [0.717, 1.165) is 0 Å². The fourth-order valence-electron chi connectivity index (χ4n) is 2.31. The molecule has 1 aliphatic carbocycles. The van der Waals surface area contributed by atoms with Crippen LogP contribution in [0.1, 0.15) is 39.0 Å². The Balaban J connectivity index is 2.77. The van der Waals surface area contributed by atoms with Gasteiger partial charge in [-0.1, -0.05) is 6.92 Å². The summed E-state index contributed by atoms with van der Waals surface area (Å²) >= 11 is 0. The number of aliphatic hydroxyl groups excluding tert-OH is 1. The van der Waals surface area contributed by atoms with Crippen molar-refractivity contribution in [2.24, 2.45) is 11.3 Å². The molecule has 1 unspecified atom stereocenters. The molecule has 2 N–H and O–H groups in total. The number of aliphatic hydroxyl groups is 1. The number of rotatable bonds is 3. The van der Waals surface area contributed by atoms with Crippen LogP contribution in [0.2, 0.25) is 0 Å². The lowest BCUT2D eigenvalue weighted by molar-refractivity contribution is -0.216. The molecule has 1 fully saturated rings. The maximum absolute atomic E-state index is 12.3. The molecule has 0 heterocycles. The first-order chi connectivity index (χ1) is 7.67. The third-order valence-corrected chi connectivity index (χ3v) is 3.65. The van der Waals surface area contributed by atoms with Gasteiger partial charge in [-0.15, -0.1) is 0 Å². The van der Waals surface area contributed by atoms with Gasteiger partial charge in [0.15, 0.2) is 6.10 Å². The van der Waals surface area contributed by atoms with Crippen molar-refractivity contribution in [1.29, 1.82) is 0 Å². The average Bonchev–Trinajstić information content (AvgIpc) is 2.20. The van der Waals surface area contributed by atoms with Crippen molar-refractivity contribution in [1.82, 2.24) is 0 Å². The number of alkyl halides is 3. The highest BCUT2D eigenvalue weighted by molar-refractivity contribution is 5.74. The fraction of sp³-hybridized carbons (Fsp3) is 0.909. The second-order valence-corrected chi connectivity index (χ2v) is 5.03. The van der Waals surface area contributed by atoms with Crippen molar-refractivity contribution in [3.05, 3.63) is 0 Å². The number of hydrogen-bond acceptors (Lipinski definition) is 2. The van der Waals surface area contributed by atoms with E-state index in [1.807, 2.05) is 6.92 Å². The summed E-state index contributed by atoms with van der Waals surface area (Å²) in [7, 11) is 0. The standard InChI is InChI=1S/C11H17F3O3/c1-7-2-4-10(5-3-7,9(16)17)6-8(15)11(12,13)14/h7-8,15H,2-6H2,1H3,(H,16,17). The van der Waals surface area contributed by atoms with Gasteiger partial charge in [0, 0.05) is 0 Å². The number of halogens is 3. The second-order valence-electron chi connectivity index (χ2n) is 5.03. The molecule has 0 bridgehead atoms. The number of carboxylic acid groups (broad SMARTS) is 1. The molecule has 0 aromatic carbocycles. The molecule has 1 saturated carbocycles. The molecule has 0 spiro atoms. The lowest BCUT2D eigenvalue weighted by Gasteiger charge is -2.37. The largest absolute Gasteiger partial charge is 0.481 e. The molecule has 1 rings (SSSR count). The topological polar surface area (TPSA) is 57.5 Å². The van der Waals surface area contributed by atoms with Gasteiger partial charge in [0.2, 0.25) is 0 Å². The van der Waals surface area contributed by atoms with E-state index < -0.39 is 30.1 Å². The number of hydrogen-bond donors (Lipinski definition) is 2. The predicted molar refractivity (Wildman–Crippen MR) is 54.4 cm³/mol. The van der Waals surface area contributed by atoms with Crippen molar-refractivity contribution in [2.45, 2.75) is 51.3 Å². The van der Waals surface area contributed by atoms with E-state index in [0.29, 0.717) is 18.8 Å². The summed E-state index contributed by atoms with van der Waals surface area (Å²) in [6.45, 7) is 1.95. The SMILES string of the molecule is CC1CCC(CC(O)C(F)(F)F)(C(=O)O)CC1. The van der Waals surface area contributed by atoms with Gasteiger partial charge in [-0.3, -0.25) is 4.79 Å². The van der Waals surface area contributed by atoms with Crippen LogP contribution in [0.4, 0.5) is 13.2 Å². The molecular formula is C11H17F3O3. The first-order valence-electron chi connectivity index (χ1n) is 5.65. The first-order valence-corrected chi connectivity index (χ1v) is 5.65. The van der Waals surface area contributed by atoms with E-state index >= 15 is 0 Å². The van der Waals surface area contributed by atoms with Crippen LogP contribution in [0.3, 0.4) is 0 Å². The minimum atomic E-state index is -4.74. The van der Waals surface area contributed by atoms with Gasteiger partial charge in [0.1, 0.15) is 0 Å². The Morgan fingerprint density at radius 1 is 1.41 bits per heavy atom. The van der Waals surface area contributed by atoms with Crippen LogP contribution in [-0.4, -0.2) is 28.5 Å². The average molecular weight is 254 g/mol. The summed E-state index contributed by atoms with van der Waals surface area (Å²) in [6, 6.07) is 0. The Kier molecular flexibility index (Phi) is 4.06. The third kappa shape index (κ3) is 3.34. The zero-order valence-electron chi connectivity index (χ0n) is 9.63. The fourth-order valence-corrected chi connectivity index (χ4v) is 2.31. The van der Waals surface area contributed by atoms with E-state index in [9.17, 15) is 18.0 Å². The molecule has 0 aromatic heterocycles. The Morgan fingerprint density at radius 3 is 2.24 bits per heavy atom. The summed E-state index contributed by atoms with van der Waals surface area (Å²) in [5.41, 5.74) is -1.42. The second kappa shape index (κ2) is 4.84. The van der Waals surface area contributed by atoms with Gasteiger partial charge >= 0.3 is 12.1 Å². The molecule has 3 nitrogen and oxygen atoms in total.